The van der Waals surface area contributed by atoms with E-state index in [-0.39, 0.29) is 5.88 Å². The van der Waals surface area contributed by atoms with Crippen LogP contribution in [-0.4, -0.2) is 95.9 Å². The molecule has 0 aromatic carbocycles. The number of fused-ring (bicyclic) bond motifs is 3. The summed E-state index contributed by atoms with van der Waals surface area (Å²) in [6, 6.07) is 0.692. The monoisotopic (exact) mass is 516 g/mol. The van der Waals surface area contributed by atoms with Crippen LogP contribution in [0, 0.1) is 0 Å². The third-order valence-corrected chi connectivity index (χ3v) is 8.77. The summed E-state index contributed by atoms with van der Waals surface area (Å²) < 4.78 is 13.1. The number of carbonyl (C=O) groups is 1. The minimum atomic E-state index is -1.77. The maximum atomic E-state index is 11.5. The molecule has 0 amide bonds. The second kappa shape index (κ2) is 9.77. The number of aliphatic carboxylic acids is 1. The number of carboxylic acid groups (broad SMARTS) is 1. The lowest BCUT2D eigenvalue weighted by Crippen LogP contribution is -2.61. The molecule has 0 spiro atoms. The van der Waals surface area contributed by atoms with Crippen molar-refractivity contribution in [3.8, 4) is 5.88 Å². The molecule has 11 heteroatoms. The Morgan fingerprint density at radius 1 is 1.00 bits per heavy atom. The Morgan fingerprint density at radius 3 is 2.46 bits per heavy atom. The topological polar surface area (TPSA) is 150 Å². The van der Waals surface area contributed by atoms with Crippen molar-refractivity contribution in [2.24, 2.45) is 7.05 Å². The molecule has 3 fully saturated rings. The predicted molar refractivity (Wildman–Crippen MR) is 131 cm³/mol. The molecule has 0 bridgehead atoms. The van der Waals surface area contributed by atoms with Gasteiger partial charge >= 0.3 is 5.97 Å². The summed E-state index contributed by atoms with van der Waals surface area (Å²) in [6.45, 7) is 2.11. The van der Waals surface area contributed by atoms with Gasteiger partial charge in [-0.1, -0.05) is 12.8 Å². The fourth-order valence-electron chi connectivity index (χ4n) is 6.79. The van der Waals surface area contributed by atoms with Crippen molar-refractivity contribution in [3.05, 3.63) is 16.8 Å². The van der Waals surface area contributed by atoms with Crippen LogP contribution in [0.5, 0.6) is 5.88 Å². The van der Waals surface area contributed by atoms with Gasteiger partial charge in [0.15, 0.2) is 11.8 Å². The Bertz CT molecular complexity index is 1180. The van der Waals surface area contributed by atoms with Crippen LogP contribution in [0.15, 0.2) is 0 Å². The van der Waals surface area contributed by atoms with E-state index in [1.165, 1.54) is 25.7 Å². The fraction of sp³-hybridized carbons (Fsp3) is 0.731. The molecule has 6 rings (SSSR count). The SMILES string of the molecule is Cn1nc(C2CCN(C3CCCC3)C2)c2c3c(c(O[C@@H]4O[C@H](C(=O)O)[C@@H](O)[C@H](O)[C@H]4O)nc21)CCCC3. The zero-order valence-corrected chi connectivity index (χ0v) is 21.1. The first-order valence-corrected chi connectivity index (χ1v) is 13.5. The number of aryl methyl sites for hydroxylation is 2. The van der Waals surface area contributed by atoms with E-state index < -0.39 is 36.7 Å². The number of aliphatic hydroxyl groups is 3. The number of ether oxygens (including phenoxy) is 2. The van der Waals surface area contributed by atoms with Gasteiger partial charge in [0, 0.05) is 36.5 Å². The van der Waals surface area contributed by atoms with Crippen LogP contribution < -0.4 is 4.74 Å². The molecule has 2 aliphatic carbocycles. The highest BCUT2D eigenvalue weighted by molar-refractivity contribution is 5.85. The van der Waals surface area contributed by atoms with Crippen LogP contribution in [0.2, 0.25) is 0 Å². The molecule has 202 valence electrons. The number of likely N-dealkylation sites (tertiary alicyclic amines) is 1. The number of aliphatic hydroxyl groups excluding tert-OH is 3. The first-order chi connectivity index (χ1) is 17.8. The average Bonchev–Trinajstić information content (AvgIpc) is 3.65. The van der Waals surface area contributed by atoms with Crippen molar-refractivity contribution in [2.75, 3.05) is 13.1 Å². The minimum absolute atomic E-state index is 0.257. The average molecular weight is 517 g/mol. The van der Waals surface area contributed by atoms with Crippen LogP contribution in [0.3, 0.4) is 0 Å². The van der Waals surface area contributed by atoms with Crippen LogP contribution in [0.4, 0.5) is 0 Å². The lowest BCUT2D eigenvalue weighted by molar-refractivity contribution is -0.271. The number of aromatic nitrogens is 3. The number of hydrogen-bond donors (Lipinski definition) is 4. The summed E-state index contributed by atoms with van der Waals surface area (Å²) in [5.74, 6) is -0.843. The van der Waals surface area contributed by atoms with E-state index in [1.54, 1.807) is 4.68 Å². The van der Waals surface area contributed by atoms with Crippen LogP contribution in [-0.2, 0) is 29.4 Å². The minimum Gasteiger partial charge on any atom is -0.479 e. The first kappa shape index (κ1) is 25.0. The fourth-order valence-corrected chi connectivity index (χ4v) is 6.79. The largest absolute Gasteiger partial charge is 0.479 e. The number of nitrogens with zero attached hydrogens (tertiary/aromatic N) is 4. The van der Waals surface area contributed by atoms with E-state index in [9.17, 15) is 25.2 Å². The summed E-state index contributed by atoms with van der Waals surface area (Å²) in [4.78, 5) is 19.0. The molecule has 2 aliphatic heterocycles. The third kappa shape index (κ3) is 4.30. The van der Waals surface area contributed by atoms with Crippen molar-refractivity contribution in [1.82, 2.24) is 19.7 Å². The molecule has 2 aromatic heterocycles. The van der Waals surface area contributed by atoms with Gasteiger partial charge in [0.25, 0.3) is 0 Å². The summed E-state index contributed by atoms with van der Waals surface area (Å²) in [7, 11) is 1.87. The molecule has 2 saturated heterocycles. The highest BCUT2D eigenvalue weighted by atomic mass is 16.7. The lowest BCUT2D eigenvalue weighted by Gasteiger charge is -2.38. The lowest BCUT2D eigenvalue weighted by atomic mass is 9.88. The van der Waals surface area contributed by atoms with Gasteiger partial charge in [0.05, 0.1) is 5.69 Å². The van der Waals surface area contributed by atoms with E-state index in [1.807, 2.05) is 7.05 Å². The van der Waals surface area contributed by atoms with Crippen molar-refractivity contribution < 1.29 is 34.7 Å². The number of hydrogen-bond acceptors (Lipinski definition) is 9. The van der Waals surface area contributed by atoms with Gasteiger partial charge in [-0.2, -0.15) is 10.1 Å². The van der Waals surface area contributed by atoms with E-state index in [0.717, 1.165) is 67.4 Å². The summed E-state index contributed by atoms with van der Waals surface area (Å²) in [5.41, 5.74) is 3.84. The molecule has 1 unspecified atom stereocenters. The molecule has 2 aromatic rings. The van der Waals surface area contributed by atoms with Crippen LogP contribution in [0.25, 0.3) is 11.0 Å². The Hall–Kier alpha value is -2.31. The Labute approximate surface area is 215 Å². The second-order valence-corrected chi connectivity index (χ2v) is 11.1. The van der Waals surface area contributed by atoms with Gasteiger partial charge < -0.3 is 29.9 Å². The van der Waals surface area contributed by atoms with Gasteiger partial charge in [-0.25, -0.2) is 4.79 Å². The molecular formula is C26H36N4O7. The number of carboxylic acids is 1. The smallest absolute Gasteiger partial charge is 0.335 e. The molecule has 4 aliphatic rings. The molecule has 11 nitrogen and oxygen atoms in total. The molecule has 1 saturated carbocycles. The zero-order chi connectivity index (χ0) is 25.8. The number of pyridine rings is 1. The standard InChI is InChI=1S/C26H36N4O7/c1-29-23-17(18(28-29)13-10-11-30(12-13)14-6-2-3-7-14)15-8-4-5-9-16(15)24(27-23)37-26-21(33)19(31)20(32)22(36-26)25(34)35/h13-14,19-22,26,31-33H,2-12H2,1H3,(H,34,35)/t13?,19-,20-,21+,22-,26-/m0/s1. The highest BCUT2D eigenvalue weighted by Crippen LogP contribution is 2.41. The van der Waals surface area contributed by atoms with Crippen LogP contribution >= 0.6 is 0 Å². The van der Waals surface area contributed by atoms with Gasteiger partial charge in [-0.05, 0) is 57.1 Å². The Morgan fingerprint density at radius 2 is 1.73 bits per heavy atom. The van der Waals surface area contributed by atoms with Crippen molar-refractivity contribution in [1.29, 1.82) is 0 Å². The second-order valence-electron chi connectivity index (χ2n) is 11.1. The van der Waals surface area contributed by atoms with Gasteiger partial charge in [0.1, 0.15) is 18.3 Å². The maximum Gasteiger partial charge on any atom is 0.335 e. The first-order valence-electron chi connectivity index (χ1n) is 13.5. The van der Waals surface area contributed by atoms with Crippen molar-refractivity contribution in [2.45, 2.75) is 100 Å². The van der Waals surface area contributed by atoms with E-state index in [4.69, 9.17) is 19.6 Å². The van der Waals surface area contributed by atoms with E-state index in [2.05, 4.69) is 4.90 Å². The summed E-state index contributed by atoms with van der Waals surface area (Å²) >= 11 is 0. The van der Waals surface area contributed by atoms with E-state index in [0.29, 0.717) is 17.6 Å². The summed E-state index contributed by atoms with van der Waals surface area (Å²) in [5, 5.41) is 46.2. The van der Waals surface area contributed by atoms with Crippen molar-refractivity contribution >= 4 is 17.0 Å². The highest BCUT2D eigenvalue weighted by Gasteiger charge is 2.48. The van der Waals surface area contributed by atoms with Gasteiger partial charge in [-0.3, -0.25) is 9.58 Å². The Kier molecular flexibility index (Phi) is 6.60. The molecule has 0 radical (unpaired) electrons. The van der Waals surface area contributed by atoms with Crippen LogP contribution in [0.1, 0.15) is 67.7 Å². The predicted octanol–water partition coefficient (Wildman–Crippen LogP) is 0.850. The third-order valence-electron chi connectivity index (χ3n) is 8.77. The van der Waals surface area contributed by atoms with Gasteiger partial charge in [0.2, 0.25) is 12.2 Å². The van der Waals surface area contributed by atoms with Crippen molar-refractivity contribution in [3.63, 3.8) is 0 Å². The molecule has 4 N–H and O–H groups in total. The quantitative estimate of drug-likeness (QED) is 0.450. The molecular weight excluding hydrogens is 480 g/mol. The molecule has 37 heavy (non-hydrogen) atoms. The summed E-state index contributed by atoms with van der Waals surface area (Å²) in [6.07, 6.45) is 1.53. The van der Waals surface area contributed by atoms with Gasteiger partial charge in [-0.15, -0.1) is 0 Å². The Balaban J connectivity index is 1.34. The maximum absolute atomic E-state index is 11.5. The molecule has 4 heterocycles. The zero-order valence-electron chi connectivity index (χ0n) is 21.1. The number of rotatable bonds is 5. The molecule has 6 atom stereocenters. The van der Waals surface area contributed by atoms with E-state index >= 15 is 0 Å². The normalized spacial score (nSPS) is 33.2.